The van der Waals surface area contributed by atoms with Crippen LogP contribution in [0.5, 0.6) is 0 Å². The SMILES string of the molecule is CSCC[C@H](NC(N)=O)C(=O)N1CCN(S(=O)(=O)c2c(C)c(C)cc(C)c2C)CC1. The molecule has 0 aromatic heterocycles. The Morgan fingerprint density at radius 3 is 2.10 bits per heavy atom. The molecule has 1 aliphatic heterocycles. The maximum Gasteiger partial charge on any atom is 0.312 e. The quantitative estimate of drug-likeness (QED) is 0.646. The summed E-state index contributed by atoms with van der Waals surface area (Å²) in [6.45, 7) is 8.47. The van der Waals surface area contributed by atoms with Gasteiger partial charge in [-0.2, -0.15) is 16.1 Å². The lowest BCUT2D eigenvalue weighted by Gasteiger charge is -2.36. The third-order valence-corrected chi connectivity index (χ3v) is 8.49. The van der Waals surface area contributed by atoms with E-state index in [2.05, 4.69) is 5.32 Å². The Morgan fingerprint density at radius 2 is 1.63 bits per heavy atom. The van der Waals surface area contributed by atoms with E-state index in [4.69, 9.17) is 5.73 Å². The molecule has 1 atom stereocenters. The van der Waals surface area contributed by atoms with Crippen LogP contribution in [0.2, 0.25) is 0 Å². The van der Waals surface area contributed by atoms with E-state index in [0.29, 0.717) is 17.1 Å². The van der Waals surface area contributed by atoms with Gasteiger partial charge in [-0.15, -0.1) is 0 Å². The van der Waals surface area contributed by atoms with Crippen LogP contribution in [0.25, 0.3) is 0 Å². The van der Waals surface area contributed by atoms with E-state index < -0.39 is 22.1 Å². The minimum atomic E-state index is -3.67. The van der Waals surface area contributed by atoms with Crippen LogP contribution in [0.15, 0.2) is 11.0 Å². The second-order valence-electron chi connectivity index (χ2n) is 7.66. The number of hydrogen-bond donors (Lipinski definition) is 2. The highest BCUT2D eigenvalue weighted by molar-refractivity contribution is 7.98. The van der Waals surface area contributed by atoms with E-state index in [-0.39, 0.29) is 32.1 Å². The number of nitrogens with zero attached hydrogens (tertiary/aromatic N) is 2. The molecule has 1 fully saturated rings. The Hall–Kier alpha value is -1.78. The Bertz CT molecular complexity index is 884. The van der Waals surface area contributed by atoms with Crippen molar-refractivity contribution < 1.29 is 18.0 Å². The fourth-order valence-electron chi connectivity index (χ4n) is 3.73. The van der Waals surface area contributed by atoms with Gasteiger partial charge in [0.15, 0.2) is 0 Å². The Labute approximate surface area is 183 Å². The lowest BCUT2D eigenvalue weighted by atomic mass is 10.0. The van der Waals surface area contributed by atoms with Gasteiger partial charge in [0.05, 0.1) is 4.90 Å². The molecule has 1 saturated heterocycles. The maximum absolute atomic E-state index is 13.4. The number of aryl methyl sites for hydroxylation is 2. The molecule has 0 bridgehead atoms. The molecule has 0 saturated carbocycles. The standard InChI is InChI=1S/C20H32N4O4S2/c1-13-12-14(2)16(4)18(15(13)3)30(27,28)24-9-7-23(8-10-24)19(25)17(6-11-29-5)22-20(21)26/h12,17H,6-11H2,1-5H3,(H3,21,22,26)/t17-/m0/s1. The molecule has 10 heteroatoms. The minimum Gasteiger partial charge on any atom is -0.352 e. The van der Waals surface area contributed by atoms with Gasteiger partial charge in [-0.1, -0.05) is 6.07 Å². The number of piperazine rings is 1. The van der Waals surface area contributed by atoms with Crippen molar-refractivity contribution in [3.05, 3.63) is 28.3 Å². The van der Waals surface area contributed by atoms with Crippen molar-refractivity contribution in [1.82, 2.24) is 14.5 Å². The number of urea groups is 1. The van der Waals surface area contributed by atoms with E-state index in [1.165, 1.54) is 4.31 Å². The van der Waals surface area contributed by atoms with Crippen molar-refractivity contribution in [2.75, 3.05) is 38.2 Å². The molecule has 0 radical (unpaired) electrons. The molecule has 3 amide bonds. The number of primary amides is 1. The van der Waals surface area contributed by atoms with Crippen LogP contribution in [-0.4, -0.2) is 73.8 Å². The first-order valence-electron chi connectivity index (χ1n) is 9.92. The predicted octanol–water partition coefficient (Wildman–Crippen LogP) is 1.54. The maximum atomic E-state index is 13.4. The van der Waals surface area contributed by atoms with Gasteiger partial charge in [-0.25, -0.2) is 13.2 Å². The molecule has 1 heterocycles. The number of thioether (sulfide) groups is 1. The van der Waals surface area contributed by atoms with E-state index in [0.717, 1.165) is 22.3 Å². The summed E-state index contributed by atoms with van der Waals surface area (Å²) in [5.74, 6) is 0.481. The lowest BCUT2D eigenvalue weighted by Crippen LogP contribution is -2.56. The Kier molecular flexibility index (Phi) is 8.18. The van der Waals surface area contributed by atoms with Crippen molar-refractivity contribution in [2.45, 2.75) is 45.1 Å². The van der Waals surface area contributed by atoms with Crippen LogP contribution in [0.1, 0.15) is 28.7 Å². The number of carbonyl (C=O) groups is 2. The topological polar surface area (TPSA) is 113 Å². The fraction of sp³-hybridized carbons (Fsp3) is 0.600. The van der Waals surface area contributed by atoms with Gasteiger partial charge >= 0.3 is 6.03 Å². The van der Waals surface area contributed by atoms with Gasteiger partial charge in [-0.3, -0.25) is 4.79 Å². The van der Waals surface area contributed by atoms with Crippen LogP contribution in [0.4, 0.5) is 4.79 Å². The van der Waals surface area contributed by atoms with E-state index in [1.54, 1.807) is 16.7 Å². The van der Waals surface area contributed by atoms with Crippen LogP contribution >= 0.6 is 11.8 Å². The highest BCUT2D eigenvalue weighted by Gasteiger charge is 2.34. The summed E-state index contributed by atoms with van der Waals surface area (Å²) in [4.78, 5) is 26.1. The second-order valence-corrected chi connectivity index (χ2v) is 10.5. The number of nitrogens with one attached hydrogen (secondary N) is 1. The fourth-order valence-corrected chi connectivity index (χ4v) is 6.20. The number of sulfonamides is 1. The van der Waals surface area contributed by atoms with Gasteiger partial charge in [0.25, 0.3) is 0 Å². The Morgan fingerprint density at radius 1 is 1.10 bits per heavy atom. The van der Waals surface area contributed by atoms with Crippen molar-refractivity contribution in [3.8, 4) is 0 Å². The highest BCUT2D eigenvalue weighted by atomic mass is 32.2. The number of carbonyl (C=O) groups excluding carboxylic acids is 2. The molecule has 0 aliphatic carbocycles. The van der Waals surface area contributed by atoms with Crippen LogP contribution in [-0.2, 0) is 14.8 Å². The van der Waals surface area contributed by atoms with Gasteiger partial charge in [0, 0.05) is 26.2 Å². The molecule has 30 heavy (non-hydrogen) atoms. The zero-order valence-electron chi connectivity index (χ0n) is 18.3. The summed E-state index contributed by atoms with van der Waals surface area (Å²) in [7, 11) is -3.67. The summed E-state index contributed by atoms with van der Waals surface area (Å²) in [6, 6.07) is 0.569. The van der Waals surface area contributed by atoms with E-state index in [9.17, 15) is 18.0 Å². The molecule has 1 aromatic carbocycles. The van der Waals surface area contributed by atoms with Gasteiger partial charge in [-0.05, 0) is 68.4 Å². The third kappa shape index (κ3) is 5.28. The highest BCUT2D eigenvalue weighted by Crippen LogP contribution is 2.29. The second kappa shape index (κ2) is 10.0. The van der Waals surface area contributed by atoms with Crippen molar-refractivity contribution in [1.29, 1.82) is 0 Å². The third-order valence-electron chi connectivity index (χ3n) is 5.67. The number of nitrogens with two attached hydrogens (primary N) is 1. The van der Waals surface area contributed by atoms with Crippen LogP contribution < -0.4 is 11.1 Å². The van der Waals surface area contributed by atoms with Crippen molar-refractivity contribution >= 4 is 33.7 Å². The lowest BCUT2D eigenvalue weighted by molar-refractivity contribution is -0.134. The number of amides is 3. The van der Waals surface area contributed by atoms with Gasteiger partial charge in [0.2, 0.25) is 15.9 Å². The minimum absolute atomic E-state index is 0.214. The molecule has 1 aromatic rings. The molecule has 8 nitrogen and oxygen atoms in total. The summed E-state index contributed by atoms with van der Waals surface area (Å²) >= 11 is 1.58. The molecule has 3 N–H and O–H groups in total. The first kappa shape index (κ1) is 24.5. The summed E-state index contributed by atoms with van der Waals surface area (Å²) in [5, 5.41) is 2.51. The first-order valence-corrected chi connectivity index (χ1v) is 12.7. The summed E-state index contributed by atoms with van der Waals surface area (Å²) in [6.07, 6.45) is 2.40. The smallest absolute Gasteiger partial charge is 0.312 e. The van der Waals surface area contributed by atoms with E-state index >= 15 is 0 Å². The molecule has 1 aliphatic rings. The molecule has 0 spiro atoms. The first-order chi connectivity index (χ1) is 14.0. The average molecular weight is 457 g/mol. The van der Waals surface area contributed by atoms with Crippen molar-refractivity contribution in [3.63, 3.8) is 0 Å². The largest absolute Gasteiger partial charge is 0.352 e. The van der Waals surface area contributed by atoms with Crippen LogP contribution in [0, 0.1) is 27.7 Å². The van der Waals surface area contributed by atoms with Crippen LogP contribution in [0.3, 0.4) is 0 Å². The normalized spacial score (nSPS) is 16.4. The average Bonchev–Trinajstić information content (AvgIpc) is 2.69. The number of hydrogen-bond acceptors (Lipinski definition) is 5. The zero-order valence-corrected chi connectivity index (χ0v) is 20.0. The van der Waals surface area contributed by atoms with Gasteiger partial charge < -0.3 is 16.0 Å². The number of rotatable bonds is 7. The Balaban J connectivity index is 2.17. The molecule has 2 rings (SSSR count). The molecular weight excluding hydrogens is 424 g/mol. The zero-order chi connectivity index (χ0) is 22.6. The molecule has 0 unspecified atom stereocenters. The monoisotopic (exact) mass is 456 g/mol. The van der Waals surface area contributed by atoms with E-state index in [1.807, 2.05) is 40.0 Å². The molecular formula is C20H32N4O4S2. The molecule has 168 valence electrons. The number of benzene rings is 1. The predicted molar refractivity (Wildman–Crippen MR) is 120 cm³/mol. The summed E-state index contributed by atoms with van der Waals surface area (Å²) in [5.41, 5.74) is 8.63. The van der Waals surface area contributed by atoms with Gasteiger partial charge in [0.1, 0.15) is 6.04 Å². The summed E-state index contributed by atoms with van der Waals surface area (Å²) < 4.78 is 28.2. The van der Waals surface area contributed by atoms with Crippen molar-refractivity contribution in [2.24, 2.45) is 5.73 Å².